The number of aliphatic hydroxyl groups excluding tert-OH is 1. The van der Waals surface area contributed by atoms with Crippen molar-refractivity contribution in [3.8, 4) is 5.75 Å². The molecular weight excluding hydrogens is 242 g/mol. The fourth-order valence-electron chi connectivity index (χ4n) is 2.61. The number of aliphatic hydroxyl groups is 1. The second-order valence-corrected chi connectivity index (χ2v) is 5.12. The normalized spacial score (nSPS) is 27.0. The van der Waals surface area contributed by atoms with Gasteiger partial charge in [-0.2, -0.15) is 0 Å². The van der Waals surface area contributed by atoms with Crippen LogP contribution in [0.2, 0.25) is 0 Å². The summed E-state index contributed by atoms with van der Waals surface area (Å²) in [4.78, 5) is 0. The minimum Gasteiger partial charge on any atom is -0.495 e. The Morgan fingerprint density at radius 1 is 1.47 bits per heavy atom. The molecule has 2 rings (SSSR count). The molecule has 2 atom stereocenters. The van der Waals surface area contributed by atoms with Gasteiger partial charge in [-0.05, 0) is 31.4 Å². The minimum atomic E-state index is -0.312. The number of anilines is 1. The van der Waals surface area contributed by atoms with Crippen LogP contribution in [0.1, 0.15) is 26.2 Å². The van der Waals surface area contributed by atoms with Gasteiger partial charge in [0.05, 0.1) is 31.0 Å². The molecule has 2 N–H and O–H groups in total. The van der Waals surface area contributed by atoms with Gasteiger partial charge in [-0.1, -0.05) is 19.1 Å². The van der Waals surface area contributed by atoms with Gasteiger partial charge in [0.15, 0.2) is 0 Å². The molecule has 1 fully saturated rings. The summed E-state index contributed by atoms with van der Waals surface area (Å²) < 4.78 is 11.1. The van der Waals surface area contributed by atoms with E-state index < -0.39 is 0 Å². The molecule has 2 unspecified atom stereocenters. The van der Waals surface area contributed by atoms with Crippen molar-refractivity contribution in [3.05, 3.63) is 24.3 Å². The molecule has 1 aliphatic heterocycles. The van der Waals surface area contributed by atoms with Crippen LogP contribution in [0.4, 0.5) is 5.69 Å². The van der Waals surface area contributed by atoms with Crippen molar-refractivity contribution in [2.45, 2.75) is 37.8 Å². The zero-order valence-electron chi connectivity index (χ0n) is 11.7. The SMILES string of the molecule is CCC1CC(CO)(Nc2ccccc2OC)CCO1. The third-order valence-electron chi connectivity index (χ3n) is 3.82. The van der Waals surface area contributed by atoms with E-state index in [2.05, 4.69) is 12.2 Å². The van der Waals surface area contributed by atoms with Gasteiger partial charge >= 0.3 is 0 Å². The van der Waals surface area contributed by atoms with Crippen LogP contribution in [0.15, 0.2) is 24.3 Å². The van der Waals surface area contributed by atoms with Crippen molar-refractivity contribution in [1.82, 2.24) is 0 Å². The lowest BCUT2D eigenvalue weighted by Crippen LogP contribution is -2.49. The summed E-state index contributed by atoms with van der Waals surface area (Å²) in [6, 6.07) is 7.80. The number of rotatable bonds is 5. The standard InChI is InChI=1S/C15H23NO3/c1-3-12-10-15(11-17,8-9-19-12)16-13-6-4-5-7-14(13)18-2/h4-7,12,16-17H,3,8-11H2,1-2H3. The molecule has 0 bridgehead atoms. The van der Waals surface area contributed by atoms with Gasteiger partial charge in [-0.25, -0.2) is 0 Å². The number of hydrogen-bond donors (Lipinski definition) is 2. The van der Waals surface area contributed by atoms with E-state index in [9.17, 15) is 5.11 Å². The maximum absolute atomic E-state index is 9.82. The van der Waals surface area contributed by atoms with E-state index in [1.807, 2.05) is 24.3 Å². The summed E-state index contributed by atoms with van der Waals surface area (Å²) in [6.07, 6.45) is 2.80. The molecule has 0 saturated carbocycles. The molecule has 1 aromatic carbocycles. The van der Waals surface area contributed by atoms with E-state index in [0.29, 0.717) is 6.61 Å². The Kier molecular flexibility index (Phi) is 4.66. The largest absolute Gasteiger partial charge is 0.495 e. The monoisotopic (exact) mass is 265 g/mol. The highest BCUT2D eigenvalue weighted by atomic mass is 16.5. The Balaban J connectivity index is 2.17. The highest BCUT2D eigenvalue weighted by molar-refractivity contribution is 5.57. The molecule has 1 aliphatic rings. The van der Waals surface area contributed by atoms with Crippen LogP contribution in [0.5, 0.6) is 5.75 Å². The van der Waals surface area contributed by atoms with E-state index in [0.717, 1.165) is 30.7 Å². The van der Waals surface area contributed by atoms with Crippen LogP contribution in [0.25, 0.3) is 0 Å². The molecule has 0 aromatic heterocycles. The molecule has 1 aromatic rings. The van der Waals surface area contributed by atoms with E-state index in [-0.39, 0.29) is 18.2 Å². The smallest absolute Gasteiger partial charge is 0.141 e. The number of nitrogens with one attached hydrogen (secondary N) is 1. The highest BCUT2D eigenvalue weighted by Crippen LogP contribution is 2.33. The number of hydrogen-bond acceptors (Lipinski definition) is 4. The van der Waals surface area contributed by atoms with Crippen LogP contribution in [0, 0.1) is 0 Å². The first kappa shape index (κ1) is 14.2. The average molecular weight is 265 g/mol. The van der Waals surface area contributed by atoms with Crippen molar-refractivity contribution in [2.24, 2.45) is 0 Å². The Morgan fingerprint density at radius 2 is 2.26 bits per heavy atom. The summed E-state index contributed by atoms with van der Waals surface area (Å²) in [6.45, 7) is 2.90. The molecule has 4 nitrogen and oxygen atoms in total. The molecule has 19 heavy (non-hydrogen) atoms. The first-order valence-electron chi connectivity index (χ1n) is 6.86. The lowest BCUT2D eigenvalue weighted by molar-refractivity contribution is -0.0274. The first-order chi connectivity index (χ1) is 9.23. The molecule has 4 heteroatoms. The summed E-state index contributed by atoms with van der Waals surface area (Å²) in [5, 5.41) is 13.3. The van der Waals surface area contributed by atoms with E-state index in [1.165, 1.54) is 0 Å². The van der Waals surface area contributed by atoms with E-state index in [4.69, 9.17) is 9.47 Å². The van der Waals surface area contributed by atoms with Crippen LogP contribution >= 0.6 is 0 Å². The lowest BCUT2D eigenvalue weighted by Gasteiger charge is -2.41. The third kappa shape index (κ3) is 3.19. The summed E-state index contributed by atoms with van der Waals surface area (Å²) in [7, 11) is 1.66. The van der Waals surface area contributed by atoms with Crippen molar-refractivity contribution < 1.29 is 14.6 Å². The average Bonchev–Trinajstić information content (AvgIpc) is 2.48. The van der Waals surface area contributed by atoms with Crippen LogP contribution in [-0.2, 0) is 4.74 Å². The van der Waals surface area contributed by atoms with Gasteiger partial charge in [0.2, 0.25) is 0 Å². The Morgan fingerprint density at radius 3 is 2.95 bits per heavy atom. The quantitative estimate of drug-likeness (QED) is 0.858. The molecule has 0 amide bonds. The van der Waals surface area contributed by atoms with Crippen molar-refractivity contribution in [2.75, 3.05) is 25.6 Å². The fourth-order valence-corrected chi connectivity index (χ4v) is 2.61. The van der Waals surface area contributed by atoms with Gasteiger partial charge in [0.25, 0.3) is 0 Å². The minimum absolute atomic E-state index is 0.102. The number of methoxy groups -OCH3 is 1. The maximum Gasteiger partial charge on any atom is 0.141 e. The Labute approximate surface area is 114 Å². The van der Waals surface area contributed by atoms with Gasteiger partial charge in [-0.3, -0.25) is 0 Å². The summed E-state index contributed by atoms with van der Waals surface area (Å²) >= 11 is 0. The summed E-state index contributed by atoms with van der Waals surface area (Å²) in [5.74, 6) is 0.801. The predicted octanol–water partition coefficient (Wildman–Crippen LogP) is 2.43. The second kappa shape index (κ2) is 6.26. The molecular formula is C15H23NO3. The molecule has 0 spiro atoms. The predicted molar refractivity (Wildman–Crippen MR) is 75.7 cm³/mol. The van der Waals surface area contributed by atoms with E-state index in [1.54, 1.807) is 7.11 Å². The zero-order valence-corrected chi connectivity index (χ0v) is 11.7. The van der Waals surface area contributed by atoms with Crippen LogP contribution in [-0.4, -0.2) is 37.1 Å². The topological polar surface area (TPSA) is 50.7 Å². The number of para-hydroxylation sites is 2. The lowest BCUT2D eigenvalue weighted by atomic mass is 9.86. The van der Waals surface area contributed by atoms with Crippen molar-refractivity contribution in [3.63, 3.8) is 0 Å². The van der Waals surface area contributed by atoms with Crippen molar-refractivity contribution in [1.29, 1.82) is 0 Å². The zero-order chi connectivity index (χ0) is 13.7. The fraction of sp³-hybridized carbons (Fsp3) is 0.600. The van der Waals surface area contributed by atoms with E-state index >= 15 is 0 Å². The van der Waals surface area contributed by atoms with Crippen LogP contribution in [0.3, 0.4) is 0 Å². The second-order valence-electron chi connectivity index (χ2n) is 5.12. The first-order valence-corrected chi connectivity index (χ1v) is 6.86. The Hall–Kier alpha value is -1.26. The molecule has 1 saturated heterocycles. The third-order valence-corrected chi connectivity index (χ3v) is 3.82. The molecule has 0 aliphatic carbocycles. The summed E-state index contributed by atoms with van der Waals surface area (Å²) in [5.41, 5.74) is 0.615. The van der Waals surface area contributed by atoms with Gasteiger partial charge in [0.1, 0.15) is 5.75 Å². The van der Waals surface area contributed by atoms with Gasteiger partial charge in [-0.15, -0.1) is 0 Å². The molecule has 0 radical (unpaired) electrons. The molecule has 106 valence electrons. The van der Waals surface area contributed by atoms with Gasteiger partial charge in [0, 0.05) is 6.61 Å². The number of benzene rings is 1. The number of ether oxygens (including phenoxy) is 2. The highest BCUT2D eigenvalue weighted by Gasteiger charge is 2.36. The van der Waals surface area contributed by atoms with Crippen molar-refractivity contribution >= 4 is 5.69 Å². The van der Waals surface area contributed by atoms with Gasteiger partial charge < -0.3 is 19.9 Å². The maximum atomic E-state index is 9.82. The Bertz CT molecular complexity index is 410. The molecule has 1 heterocycles. The van der Waals surface area contributed by atoms with Crippen LogP contribution < -0.4 is 10.1 Å².